The molecule has 17 unspecified atom stereocenters. The van der Waals surface area contributed by atoms with E-state index in [2.05, 4.69) is 43.5 Å². The molecule has 3 aliphatic heterocycles. The molecule has 0 aromatic heterocycles. The molecule has 0 aromatic carbocycles. The number of carbonyl (C=O) groups excluding carboxylic acids is 1. The summed E-state index contributed by atoms with van der Waals surface area (Å²) in [6.45, 7) is 1.76. The number of nitrogens with one attached hydrogen (secondary N) is 1. The second-order valence-electron chi connectivity index (χ2n) is 28.2. The molecule has 3 heterocycles. The maximum Gasteiger partial charge on any atom is 0.220 e. The normalized spacial score (nSPS) is 27.2. The highest BCUT2D eigenvalue weighted by atomic mass is 16.8. The number of allylic oxidation sites excluding steroid dienone is 5. The van der Waals surface area contributed by atoms with Crippen LogP contribution in [-0.2, 0) is 33.2 Å². The van der Waals surface area contributed by atoms with E-state index in [0.29, 0.717) is 12.8 Å². The zero-order valence-electron chi connectivity index (χ0n) is 60.1. The van der Waals surface area contributed by atoms with E-state index >= 15 is 0 Å². The molecular weight excluding hydrogens is 1230 g/mol. The molecule has 3 rings (SSSR count). The third-order valence-corrected chi connectivity index (χ3v) is 19.7. The van der Waals surface area contributed by atoms with Gasteiger partial charge in [-0.15, -0.1) is 0 Å². The van der Waals surface area contributed by atoms with Crippen LogP contribution in [0.5, 0.6) is 0 Å². The second kappa shape index (κ2) is 58.5. The number of amides is 1. The maximum atomic E-state index is 13.5. The summed E-state index contributed by atoms with van der Waals surface area (Å²) in [7, 11) is 0. The summed E-state index contributed by atoms with van der Waals surface area (Å²) in [5, 5.41) is 121. The van der Waals surface area contributed by atoms with Gasteiger partial charge in [0.05, 0.1) is 38.6 Å². The van der Waals surface area contributed by atoms with E-state index < -0.39 is 124 Å². The Labute approximate surface area is 581 Å². The molecule has 12 N–H and O–H groups in total. The summed E-state index contributed by atoms with van der Waals surface area (Å²) in [5.41, 5.74) is 0. The fourth-order valence-corrected chi connectivity index (χ4v) is 13.3. The Morgan fingerprint density at radius 1 is 0.365 bits per heavy atom. The summed E-state index contributed by atoms with van der Waals surface area (Å²) < 4.78 is 34.4. The van der Waals surface area contributed by atoms with Crippen molar-refractivity contribution in [3.63, 3.8) is 0 Å². The van der Waals surface area contributed by atoms with Gasteiger partial charge in [-0.1, -0.05) is 301 Å². The zero-order valence-corrected chi connectivity index (χ0v) is 60.1. The number of hydrogen-bond acceptors (Lipinski definition) is 18. The average molecular weight is 1370 g/mol. The predicted molar refractivity (Wildman–Crippen MR) is 379 cm³/mol. The van der Waals surface area contributed by atoms with Crippen molar-refractivity contribution in [2.24, 2.45) is 0 Å². The zero-order chi connectivity index (χ0) is 69.6. The lowest BCUT2D eigenvalue weighted by atomic mass is 9.96. The molecule has 19 heteroatoms. The van der Waals surface area contributed by atoms with Gasteiger partial charge in [0.15, 0.2) is 18.9 Å². The molecule has 0 aliphatic carbocycles. The fourth-order valence-electron chi connectivity index (χ4n) is 13.3. The van der Waals surface area contributed by atoms with E-state index in [0.717, 1.165) is 44.9 Å². The van der Waals surface area contributed by atoms with Crippen LogP contribution in [0.1, 0.15) is 316 Å². The van der Waals surface area contributed by atoms with Gasteiger partial charge < -0.3 is 89.9 Å². The van der Waals surface area contributed by atoms with Crippen LogP contribution in [0.3, 0.4) is 0 Å². The van der Waals surface area contributed by atoms with Crippen molar-refractivity contribution in [2.75, 3.05) is 26.4 Å². The predicted octanol–water partition coefficient (Wildman–Crippen LogP) is 12.3. The van der Waals surface area contributed by atoms with E-state index in [1.807, 2.05) is 6.08 Å². The van der Waals surface area contributed by atoms with Crippen LogP contribution in [-0.4, -0.2) is 193 Å². The second-order valence-corrected chi connectivity index (χ2v) is 28.2. The first-order chi connectivity index (χ1) is 46.8. The molecule has 17 atom stereocenters. The highest BCUT2D eigenvalue weighted by Gasteiger charge is 2.53. The number of ether oxygens (including phenoxy) is 6. The topological polar surface area (TPSA) is 307 Å². The number of aliphatic hydroxyl groups is 11. The molecule has 3 saturated heterocycles. The fraction of sp³-hybridized carbons (Fsp3) is 0.909. The molecule has 0 radical (unpaired) electrons. The first kappa shape index (κ1) is 88.2. The Kier molecular flexibility index (Phi) is 53.8. The smallest absolute Gasteiger partial charge is 0.220 e. The first-order valence-corrected chi connectivity index (χ1v) is 39.2. The monoisotopic (exact) mass is 1370 g/mol. The molecule has 1 amide bonds. The third kappa shape index (κ3) is 38.9. The van der Waals surface area contributed by atoms with Gasteiger partial charge in [-0.25, -0.2) is 0 Å². The van der Waals surface area contributed by atoms with E-state index in [9.17, 15) is 61.0 Å². The number of carbonyl (C=O) groups is 1. The Morgan fingerprint density at radius 2 is 0.667 bits per heavy atom. The van der Waals surface area contributed by atoms with Crippen molar-refractivity contribution in [1.29, 1.82) is 0 Å². The van der Waals surface area contributed by atoms with Crippen molar-refractivity contribution in [2.45, 2.75) is 420 Å². The van der Waals surface area contributed by atoms with Crippen molar-refractivity contribution in [3.8, 4) is 0 Å². The molecule has 3 aliphatic rings. The average Bonchev–Trinajstić information content (AvgIpc) is 0.787. The van der Waals surface area contributed by atoms with Crippen LogP contribution < -0.4 is 5.32 Å². The number of rotatable bonds is 62. The van der Waals surface area contributed by atoms with Crippen LogP contribution in [0.4, 0.5) is 0 Å². The number of hydrogen-bond donors (Lipinski definition) is 12. The molecule has 19 nitrogen and oxygen atoms in total. The highest BCUT2D eigenvalue weighted by molar-refractivity contribution is 5.76. The summed E-state index contributed by atoms with van der Waals surface area (Å²) in [5.74, 6) is -0.283. The lowest BCUT2D eigenvalue weighted by Crippen LogP contribution is -2.66. The van der Waals surface area contributed by atoms with Gasteiger partial charge in [0, 0.05) is 6.42 Å². The van der Waals surface area contributed by atoms with Crippen LogP contribution in [0, 0.1) is 0 Å². The highest BCUT2D eigenvalue weighted by Crippen LogP contribution is 2.33. The molecule has 0 bridgehead atoms. The van der Waals surface area contributed by atoms with Gasteiger partial charge in [-0.2, -0.15) is 0 Å². The molecule has 564 valence electrons. The molecular formula is C77H143NO18. The quantitative estimate of drug-likeness (QED) is 0.0199. The number of unbranched alkanes of at least 4 members (excludes halogenated alkanes) is 42. The van der Waals surface area contributed by atoms with Gasteiger partial charge in [-0.3, -0.25) is 4.79 Å². The minimum Gasteiger partial charge on any atom is -0.394 e. The molecule has 0 saturated carbocycles. The lowest BCUT2D eigenvalue weighted by molar-refractivity contribution is -0.379. The van der Waals surface area contributed by atoms with Gasteiger partial charge in [0.1, 0.15) is 73.2 Å². The SMILES string of the molecule is CCCCCCCCCCCCCC/C=C/CC/C=C/CC/C=C/C(O)C(COC1OC(CO)C(OC2OC(CO)C(OC3OC(CO)C(O)C(O)C3O)C(O)C2O)C(O)C1O)NC(=O)CCCCCCCCCCCCCCCCCCCCCCCCCCCCCCC. The Morgan fingerprint density at radius 3 is 1.04 bits per heavy atom. The lowest BCUT2D eigenvalue weighted by Gasteiger charge is -2.48. The Balaban J connectivity index is 1.39. The minimum atomic E-state index is -1.98. The van der Waals surface area contributed by atoms with Gasteiger partial charge in [-0.05, 0) is 44.9 Å². The minimum absolute atomic E-state index is 0.236. The van der Waals surface area contributed by atoms with Crippen LogP contribution >= 0.6 is 0 Å². The van der Waals surface area contributed by atoms with Gasteiger partial charge >= 0.3 is 0 Å². The third-order valence-electron chi connectivity index (χ3n) is 19.7. The summed E-state index contributed by atoms with van der Waals surface area (Å²) in [4.78, 5) is 13.5. The van der Waals surface area contributed by atoms with Crippen molar-refractivity contribution >= 4 is 5.91 Å². The van der Waals surface area contributed by atoms with Gasteiger partial charge in [0.2, 0.25) is 5.91 Å². The molecule has 3 fully saturated rings. The Hall–Kier alpha value is -1.99. The largest absolute Gasteiger partial charge is 0.394 e. The van der Waals surface area contributed by atoms with E-state index in [1.54, 1.807) is 6.08 Å². The molecule has 0 aromatic rings. The first-order valence-electron chi connectivity index (χ1n) is 39.2. The molecule has 0 spiro atoms. The molecule has 96 heavy (non-hydrogen) atoms. The van der Waals surface area contributed by atoms with Crippen molar-refractivity contribution in [3.05, 3.63) is 36.5 Å². The van der Waals surface area contributed by atoms with E-state index in [4.69, 9.17) is 28.4 Å². The van der Waals surface area contributed by atoms with Crippen LogP contribution in [0.15, 0.2) is 36.5 Å². The van der Waals surface area contributed by atoms with Crippen molar-refractivity contribution in [1.82, 2.24) is 5.32 Å². The van der Waals surface area contributed by atoms with Crippen LogP contribution in [0.25, 0.3) is 0 Å². The van der Waals surface area contributed by atoms with Crippen molar-refractivity contribution < 1.29 is 89.4 Å². The van der Waals surface area contributed by atoms with E-state index in [-0.39, 0.29) is 18.9 Å². The standard InChI is InChI=1S/C77H143NO18/c1-3-5-7-9-11-13-15-17-19-21-23-25-27-28-29-30-31-32-33-35-37-39-41-43-45-47-49-51-53-55-65(83)78-60(61(82)54-52-50-48-46-44-42-40-38-36-34-26-24-22-20-18-16-14-12-10-8-6-4-2)59-91-75-71(89)68(86)73(63(57-80)93-75)96-77-72(90)69(87)74(64(58-81)94-77)95-76-70(88)67(85)66(84)62(56-79)92-76/h36,38,44,46,52,54,60-64,66-77,79-82,84-90H,3-35,37,39-43,45,47-51,53,55-59H2,1-2H3,(H,78,83)/b38-36+,46-44+,54-52+. The Bertz CT molecular complexity index is 1880. The maximum absolute atomic E-state index is 13.5. The number of aliphatic hydroxyl groups excluding tert-OH is 11. The van der Waals surface area contributed by atoms with E-state index in [1.165, 1.54) is 238 Å². The van der Waals surface area contributed by atoms with Gasteiger partial charge in [0.25, 0.3) is 0 Å². The summed E-state index contributed by atoms with van der Waals surface area (Å²) in [6.07, 6.45) is 44.2. The summed E-state index contributed by atoms with van der Waals surface area (Å²) in [6, 6.07) is -0.995. The van der Waals surface area contributed by atoms with Crippen LogP contribution in [0.2, 0.25) is 0 Å². The summed E-state index contributed by atoms with van der Waals surface area (Å²) >= 11 is 0.